The number of nitrogens with zero attached hydrogens (tertiary/aromatic N) is 8. The monoisotopic (exact) mass is 469 g/mol. The first-order valence-electron chi connectivity index (χ1n) is 12.0. The number of amides is 1. The van der Waals surface area contributed by atoms with E-state index in [0.717, 1.165) is 66.6 Å². The lowest BCUT2D eigenvalue weighted by molar-refractivity contribution is -0.131. The van der Waals surface area contributed by atoms with Gasteiger partial charge in [-0.1, -0.05) is 66.5 Å². The Balaban J connectivity index is 1.34. The predicted octanol–water partition coefficient (Wildman–Crippen LogP) is 5.07. The van der Waals surface area contributed by atoms with E-state index in [1.54, 1.807) is 0 Å². The molecule has 10 heteroatoms. The normalized spacial score (nSPS) is 16.5. The van der Waals surface area contributed by atoms with E-state index in [1.807, 2.05) is 29.2 Å². The SMILES string of the molecule is [N-]=[N+]=NCCCCC1=NC2(CCCC2)C(=O)N1Cc1ccc(-c2ccccc2-c2nn[nH]n2)cc1. The van der Waals surface area contributed by atoms with E-state index in [2.05, 4.69) is 54.9 Å². The molecule has 1 spiro atoms. The molecule has 3 aromatic rings. The highest BCUT2D eigenvalue weighted by Gasteiger charge is 2.49. The lowest BCUT2D eigenvalue weighted by atomic mass is 9.97. The van der Waals surface area contributed by atoms with Crippen LogP contribution in [0.25, 0.3) is 33.0 Å². The van der Waals surface area contributed by atoms with Crippen LogP contribution in [0.2, 0.25) is 0 Å². The van der Waals surface area contributed by atoms with Crippen molar-refractivity contribution < 1.29 is 4.79 Å². The number of hydrogen-bond acceptors (Lipinski definition) is 6. The van der Waals surface area contributed by atoms with Gasteiger partial charge in [0.1, 0.15) is 11.4 Å². The molecule has 1 N–H and O–H groups in total. The van der Waals surface area contributed by atoms with Gasteiger partial charge in [-0.15, -0.1) is 10.2 Å². The van der Waals surface area contributed by atoms with Crippen molar-refractivity contribution >= 4 is 11.7 Å². The van der Waals surface area contributed by atoms with Crippen molar-refractivity contribution in [2.75, 3.05) is 6.54 Å². The first-order chi connectivity index (χ1) is 17.2. The summed E-state index contributed by atoms with van der Waals surface area (Å²) in [5.74, 6) is 1.55. The minimum Gasteiger partial charge on any atom is -0.294 e. The minimum atomic E-state index is -0.566. The third-order valence-corrected chi connectivity index (χ3v) is 6.82. The molecule has 1 aliphatic carbocycles. The van der Waals surface area contributed by atoms with Gasteiger partial charge in [0.25, 0.3) is 5.91 Å². The number of benzene rings is 2. The molecule has 0 radical (unpaired) electrons. The van der Waals surface area contributed by atoms with Crippen LogP contribution in [0.5, 0.6) is 0 Å². The zero-order valence-electron chi connectivity index (χ0n) is 19.5. The zero-order valence-corrected chi connectivity index (χ0v) is 19.5. The van der Waals surface area contributed by atoms with Gasteiger partial charge in [-0.25, -0.2) is 0 Å². The number of hydrogen-bond donors (Lipinski definition) is 1. The number of amidine groups is 1. The summed E-state index contributed by atoms with van der Waals surface area (Å²) < 4.78 is 0. The van der Waals surface area contributed by atoms with Gasteiger partial charge in [-0.2, -0.15) is 5.21 Å². The summed E-state index contributed by atoms with van der Waals surface area (Å²) in [6, 6.07) is 16.2. The van der Waals surface area contributed by atoms with Gasteiger partial charge < -0.3 is 0 Å². The van der Waals surface area contributed by atoms with Gasteiger partial charge in [-0.05, 0) is 53.1 Å². The fourth-order valence-electron chi connectivity index (χ4n) is 5.05. The van der Waals surface area contributed by atoms with E-state index in [4.69, 9.17) is 10.5 Å². The number of carbonyl (C=O) groups excluding carboxylic acids is 1. The molecule has 2 heterocycles. The molecule has 35 heavy (non-hydrogen) atoms. The smallest absolute Gasteiger partial charge is 0.256 e. The van der Waals surface area contributed by atoms with Crippen LogP contribution < -0.4 is 0 Å². The molecule has 178 valence electrons. The van der Waals surface area contributed by atoms with Crippen LogP contribution in [0.3, 0.4) is 0 Å². The Hall–Kier alpha value is -4.04. The molecular formula is C25H27N9O. The maximum atomic E-state index is 13.5. The molecule has 0 unspecified atom stereocenters. The molecular weight excluding hydrogens is 442 g/mol. The Labute approximate surface area is 203 Å². The molecule has 1 amide bonds. The van der Waals surface area contributed by atoms with Crippen molar-refractivity contribution in [3.63, 3.8) is 0 Å². The zero-order chi connectivity index (χ0) is 24.1. The summed E-state index contributed by atoms with van der Waals surface area (Å²) in [7, 11) is 0. The van der Waals surface area contributed by atoms with E-state index >= 15 is 0 Å². The second-order valence-electron chi connectivity index (χ2n) is 9.05. The van der Waals surface area contributed by atoms with E-state index in [1.165, 1.54) is 0 Å². The van der Waals surface area contributed by atoms with Gasteiger partial charge in [0.2, 0.25) is 5.82 Å². The van der Waals surface area contributed by atoms with Gasteiger partial charge in [-0.3, -0.25) is 14.7 Å². The second-order valence-corrected chi connectivity index (χ2v) is 9.05. The second kappa shape index (κ2) is 10.1. The number of aromatic nitrogens is 4. The van der Waals surface area contributed by atoms with Crippen LogP contribution in [0.1, 0.15) is 50.5 Å². The number of aliphatic imine (C=N–C) groups is 1. The summed E-state index contributed by atoms with van der Waals surface area (Å²) in [5, 5.41) is 18.0. The van der Waals surface area contributed by atoms with Crippen LogP contribution in [0, 0.1) is 0 Å². The quantitative estimate of drug-likeness (QED) is 0.202. The van der Waals surface area contributed by atoms with E-state index in [0.29, 0.717) is 25.3 Å². The van der Waals surface area contributed by atoms with Crippen molar-refractivity contribution in [2.45, 2.75) is 57.0 Å². The molecule has 2 aliphatic rings. The van der Waals surface area contributed by atoms with Crippen molar-refractivity contribution in [1.29, 1.82) is 0 Å². The Morgan fingerprint density at radius 3 is 2.54 bits per heavy atom. The number of carbonyl (C=O) groups is 1. The number of rotatable bonds is 9. The van der Waals surface area contributed by atoms with Crippen LogP contribution in [-0.2, 0) is 11.3 Å². The summed E-state index contributed by atoms with van der Waals surface area (Å²) in [6.07, 6.45) is 6.08. The van der Waals surface area contributed by atoms with Gasteiger partial charge in [0.05, 0.1) is 6.54 Å². The van der Waals surface area contributed by atoms with Crippen LogP contribution >= 0.6 is 0 Å². The van der Waals surface area contributed by atoms with Gasteiger partial charge in [0.15, 0.2) is 0 Å². The predicted molar refractivity (Wildman–Crippen MR) is 132 cm³/mol. The van der Waals surface area contributed by atoms with Crippen LogP contribution in [0.4, 0.5) is 0 Å². The Morgan fingerprint density at radius 1 is 1.06 bits per heavy atom. The Morgan fingerprint density at radius 2 is 1.83 bits per heavy atom. The highest BCUT2D eigenvalue weighted by Crippen LogP contribution is 2.40. The topological polar surface area (TPSA) is 136 Å². The largest absolute Gasteiger partial charge is 0.294 e. The number of H-pyrrole nitrogens is 1. The van der Waals surface area contributed by atoms with E-state index in [-0.39, 0.29) is 5.91 Å². The molecule has 1 aromatic heterocycles. The first-order valence-corrected chi connectivity index (χ1v) is 12.0. The van der Waals surface area contributed by atoms with Crippen LogP contribution in [-0.4, -0.2) is 49.4 Å². The third-order valence-electron chi connectivity index (χ3n) is 6.82. The number of unbranched alkanes of at least 4 members (excludes halogenated alkanes) is 1. The first kappa shape index (κ1) is 22.7. The number of azide groups is 1. The molecule has 1 fully saturated rings. The highest BCUT2D eigenvalue weighted by atomic mass is 16.2. The van der Waals surface area contributed by atoms with E-state index in [9.17, 15) is 4.79 Å². The summed E-state index contributed by atoms with van der Waals surface area (Å²) in [4.78, 5) is 23.1. The Bertz CT molecular complexity index is 1250. The van der Waals surface area contributed by atoms with Crippen molar-refractivity contribution in [3.05, 3.63) is 64.5 Å². The van der Waals surface area contributed by atoms with Crippen molar-refractivity contribution in [2.24, 2.45) is 10.1 Å². The van der Waals surface area contributed by atoms with E-state index < -0.39 is 5.54 Å². The molecule has 5 rings (SSSR count). The average Bonchev–Trinajstić information content (AvgIpc) is 3.64. The lowest BCUT2D eigenvalue weighted by Gasteiger charge is -2.23. The molecule has 0 atom stereocenters. The number of aromatic amines is 1. The molecule has 0 saturated heterocycles. The third kappa shape index (κ3) is 4.65. The molecule has 1 saturated carbocycles. The molecule has 1 aliphatic heterocycles. The molecule has 0 bridgehead atoms. The van der Waals surface area contributed by atoms with Crippen LogP contribution in [0.15, 0.2) is 58.6 Å². The maximum absolute atomic E-state index is 13.5. The number of nitrogens with one attached hydrogen (secondary N) is 1. The lowest BCUT2D eigenvalue weighted by Crippen LogP contribution is -2.40. The molecule has 2 aromatic carbocycles. The standard InChI is InChI=1S/C25H27N9O/c26-31-27-16-6-3-9-22-28-25(14-4-5-15-25)24(35)34(22)17-18-10-12-19(13-11-18)20-7-1-2-8-21(20)23-29-32-33-30-23/h1-2,7-8,10-13H,3-6,9,14-17H2,(H,29,30,32,33). The highest BCUT2D eigenvalue weighted by molar-refractivity contribution is 6.08. The number of tetrazole rings is 1. The summed E-state index contributed by atoms with van der Waals surface area (Å²) in [6.45, 7) is 0.970. The fraction of sp³-hybridized carbons (Fsp3) is 0.400. The van der Waals surface area contributed by atoms with Crippen molar-refractivity contribution in [3.8, 4) is 22.5 Å². The van der Waals surface area contributed by atoms with Crippen molar-refractivity contribution in [1.82, 2.24) is 25.5 Å². The maximum Gasteiger partial charge on any atom is 0.256 e. The summed E-state index contributed by atoms with van der Waals surface area (Å²) >= 11 is 0. The fourth-order valence-corrected chi connectivity index (χ4v) is 5.05. The average molecular weight is 470 g/mol. The van der Waals surface area contributed by atoms with Gasteiger partial charge in [0, 0.05) is 23.4 Å². The summed E-state index contributed by atoms with van der Waals surface area (Å²) in [5.41, 5.74) is 11.9. The minimum absolute atomic E-state index is 0.131. The van der Waals surface area contributed by atoms with Gasteiger partial charge >= 0.3 is 0 Å². The molecule has 10 nitrogen and oxygen atoms in total. The Kier molecular flexibility index (Phi) is 6.54.